The van der Waals surface area contributed by atoms with Gasteiger partial charge in [-0.1, -0.05) is 20.3 Å². The van der Waals surface area contributed by atoms with Gasteiger partial charge in [-0.2, -0.15) is 5.26 Å². The molecule has 0 spiro atoms. The van der Waals surface area contributed by atoms with Gasteiger partial charge in [0.05, 0.1) is 10.6 Å². The molecule has 5 heteroatoms. The number of carbonyl (C=O) groups excluding carboxylic acids is 1. The number of nitrogens with zero attached hydrogens (tertiary/aromatic N) is 1. The molecule has 1 saturated carbocycles. The highest BCUT2D eigenvalue weighted by atomic mass is 32.1. The second-order valence-corrected chi connectivity index (χ2v) is 6.73. The van der Waals surface area contributed by atoms with Gasteiger partial charge in [0.1, 0.15) is 16.6 Å². The van der Waals surface area contributed by atoms with Gasteiger partial charge in [0.2, 0.25) is 0 Å². The number of nitrogen functional groups attached to an aromatic ring is 1. The number of rotatable bonds is 5. The van der Waals surface area contributed by atoms with Crippen LogP contribution in [0.15, 0.2) is 0 Å². The van der Waals surface area contributed by atoms with Crippen LogP contribution >= 0.6 is 11.3 Å². The average molecular weight is 305 g/mol. The average Bonchev–Trinajstić information content (AvgIpc) is 2.83. The minimum atomic E-state index is 0.0109. The first-order chi connectivity index (χ1) is 10.1. The molecule has 1 aromatic rings. The van der Waals surface area contributed by atoms with Crippen molar-refractivity contribution in [3.05, 3.63) is 10.4 Å². The summed E-state index contributed by atoms with van der Waals surface area (Å²) in [6, 6.07) is 2.53. The van der Waals surface area contributed by atoms with E-state index in [1.807, 2.05) is 6.92 Å². The van der Waals surface area contributed by atoms with Crippen LogP contribution < -0.4 is 11.1 Å². The predicted molar refractivity (Wildman–Crippen MR) is 87.7 cm³/mol. The lowest BCUT2D eigenvalue weighted by atomic mass is 9.84. The van der Waals surface area contributed by atoms with E-state index >= 15 is 0 Å². The molecule has 1 fully saturated rings. The van der Waals surface area contributed by atoms with Crippen LogP contribution in [-0.4, -0.2) is 11.8 Å². The van der Waals surface area contributed by atoms with E-state index < -0.39 is 0 Å². The lowest BCUT2D eigenvalue weighted by Crippen LogP contribution is -2.25. The van der Waals surface area contributed by atoms with Gasteiger partial charge in [-0.05, 0) is 31.6 Å². The number of hydrogen-bond acceptors (Lipinski definition) is 5. The molecule has 1 aliphatic carbocycles. The first kappa shape index (κ1) is 15.8. The third kappa shape index (κ3) is 3.38. The number of Topliss-reactive ketones (excluding diaryl/α,β-unsaturated/α-hetero) is 1. The summed E-state index contributed by atoms with van der Waals surface area (Å²) in [6.45, 7) is 4.06. The van der Waals surface area contributed by atoms with Crippen molar-refractivity contribution >= 4 is 27.8 Å². The Hall–Kier alpha value is -1.54. The Balaban J connectivity index is 2.13. The maximum Gasteiger partial charge on any atom is 0.174 e. The van der Waals surface area contributed by atoms with Crippen molar-refractivity contribution in [2.24, 2.45) is 5.92 Å². The fourth-order valence-corrected chi connectivity index (χ4v) is 4.08. The Kier molecular flexibility index (Phi) is 5.24. The summed E-state index contributed by atoms with van der Waals surface area (Å²) in [6.07, 6.45) is 6.37. The van der Waals surface area contributed by atoms with E-state index in [4.69, 9.17) is 5.73 Å². The van der Waals surface area contributed by atoms with E-state index in [9.17, 15) is 10.1 Å². The Labute approximate surface area is 130 Å². The molecule has 3 N–H and O–H groups in total. The van der Waals surface area contributed by atoms with E-state index in [0.29, 0.717) is 28.6 Å². The molecular weight excluding hydrogens is 282 g/mol. The van der Waals surface area contributed by atoms with Crippen LogP contribution in [0.1, 0.15) is 67.6 Å². The van der Waals surface area contributed by atoms with Crippen molar-refractivity contribution in [2.45, 2.75) is 58.4 Å². The minimum absolute atomic E-state index is 0.0109. The molecule has 0 atom stereocenters. The summed E-state index contributed by atoms with van der Waals surface area (Å²) in [5.41, 5.74) is 6.75. The van der Waals surface area contributed by atoms with Crippen molar-refractivity contribution in [1.82, 2.24) is 0 Å². The van der Waals surface area contributed by atoms with E-state index in [0.717, 1.165) is 23.8 Å². The van der Waals surface area contributed by atoms with Gasteiger partial charge in [0, 0.05) is 12.5 Å². The van der Waals surface area contributed by atoms with Gasteiger partial charge in [0.25, 0.3) is 0 Å². The van der Waals surface area contributed by atoms with E-state index in [-0.39, 0.29) is 5.78 Å². The van der Waals surface area contributed by atoms with Crippen LogP contribution in [0.2, 0.25) is 0 Å². The predicted octanol–water partition coefficient (Wildman–Crippen LogP) is 4.18. The van der Waals surface area contributed by atoms with Crippen LogP contribution in [0.25, 0.3) is 0 Å². The highest BCUT2D eigenvalue weighted by Crippen LogP contribution is 2.38. The second-order valence-electron chi connectivity index (χ2n) is 5.71. The minimum Gasteiger partial charge on any atom is -0.396 e. The van der Waals surface area contributed by atoms with Crippen molar-refractivity contribution in [2.75, 3.05) is 11.1 Å². The molecule has 1 heterocycles. The van der Waals surface area contributed by atoms with Crippen LogP contribution in [-0.2, 0) is 0 Å². The number of nitrogens with one attached hydrogen (secondary N) is 1. The largest absolute Gasteiger partial charge is 0.396 e. The molecule has 2 rings (SSSR count). The summed E-state index contributed by atoms with van der Waals surface area (Å²) >= 11 is 1.34. The van der Waals surface area contributed by atoms with E-state index in [1.54, 1.807) is 0 Å². The number of nitrogens with two attached hydrogens (primary N) is 1. The summed E-state index contributed by atoms with van der Waals surface area (Å²) in [7, 11) is 0. The lowest BCUT2D eigenvalue weighted by Gasteiger charge is -2.28. The van der Waals surface area contributed by atoms with Crippen molar-refractivity contribution in [3.8, 4) is 6.07 Å². The molecule has 0 aliphatic heterocycles. The topological polar surface area (TPSA) is 78.9 Å². The van der Waals surface area contributed by atoms with Crippen molar-refractivity contribution in [1.29, 1.82) is 5.26 Å². The van der Waals surface area contributed by atoms with E-state index in [2.05, 4.69) is 18.3 Å². The number of carbonyl (C=O) groups is 1. The number of anilines is 2. The van der Waals surface area contributed by atoms with Crippen LogP contribution in [0, 0.1) is 17.2 Å². The van der Waals surface area contributed by atoms with Gasteiger partial charge in [-0.25, -0.2) is 0 Å². The third-order valence-electron chi connectivity index (χ3n) is 4.39. The number of nitriles is 1. The van der Waals surface area contributed by atoms with Gasteiger partial charge >= 0.3 is 0 Å². The summed E-state index contributed by atoms with van der Waals surface area (Å²) in [5.74, 6) is 0.848. The molecule has 21 heavy (non-hydrogen) atoms. The Morgan fingerprint density at radius 1 is 1.38 bits per heavy atom. The standard InChI is InChI=1S/C16H23N3OS/c1-3-10-5-7-11(8-6-10)19-16-12(9-17)14(18)15(21-16)13(20)4-2/h10-11,19H,3-8,18H2,1-2H3. The first-order valence-corrected chi connectivity index (χ1v) is 8.54. The molecule has 0 bridgehead atoms. The normalized spacial score (nSPS) is 21.8. The molecule has 1 aromatic heterocycles. The maximum atomic E-state index is 11.9. The fraction of sp³-hybridized carbons (Fsp3) is 0.625. The summed E-state index contributed by atoms with van der Waals surface area (Å²) in [4.78, 5) is 12.4. The van der Waals surface area contributed by atoms with Gasteiger partial charge in [0.15, 0.2) is 5.78 Å². The molecule has 0 amide bonds. The molecule has 114 valence electrons. The quantitative estimate of drug-likeness (QED) is 0.800. The Morgan fingerprint density at radius 2 is 2.05 bits per heavy atom. The zero-order valence-corrected chi connectivity index (χ0v) is 13.6. The first-order valence-electron chi connectivity index (χ1n) is 7.72. The third-order valence-corrected chi connectivity index (χ3v) is 5.57. The van der Waals surface area contributed by atoms with Crippen LogP contribution in [0.5, 0.6) is 0 Å². The van der Waals surface area contributed by atoms with Gasteiger partial charge in [-0.3, -0.25) is 4.79 Å². The lowest BCUT2D eigenvalue weighted by molar-refractivity contribution is 0.0993. The van der Waals surface area contributed by atoms with Crippen LogP contribution in [0.4, 0.5) is 10.7 Å². The molecule has 0 aromatic carbocycles. The smallest absolute Gasteiger partial charge is 0.174 e. The molecule has 0 radical (unpaired) electrons. The Bertz CT molecular complexity index is 551. The van der Waals surface area contributed by atoms with Crippen molar-refractivity contribution in [3.63, 3.8) is 0 Å². The zero-order chi connectivity index (χ0) is 15.4. The SMILES string of the molecule is CCC(=O)c1sc(NC2CCC(CC)CC2)c(C#N)c1N. The molecule has 0 saturated heterocycles. The highest BCUT2D eigenvalue weighted by Gasteiger charge is 2.24. The monoisotopic (exact) mass is 305 g/mol. The summed E-state index contributed by atoms with van der Waals surface area (Å²) in [5, 5.41) is 13.5. The zero-order valence-electron chi connectivity index (χ0n) is 12.7. The number of thiophene rings is 1. The summed E-state index contributed by atoms with van der Waals surface area (Å²) < 4.78 is 0. The van der Waals surface area contributed by atoms with Crippen LogP contribution in [0.3, 0.4) is 0 Å². The Morgan fingerprint density at radius 3 is 2.57 bits per heavy atom. The number of hydrogen-bond donors (Lipinski definition) is 2. The van der Waals surface area contributed by atoms with E-state index in [1.165, 1.54) is 30.6 Å². The fourth-order valence-electron chi connectivity index (χ4n) is 2.92. The molecule has 1 aliphatic rings. The number of ketones is 1. The van der Waals surface area contributed by atoms with Gasteiger partial charge in [-0.15, -0.1) is 11.3 Å². The molecular formula is C16H23N3OS. The second kappa shape index (κ2) is 6.95. The maximum absolute atomic E-state index is 11.9. The van der Waals surface area contributed by atoms with Crippen molar-refractivity contribution < 1.29 is 4.79 Å². The molecule has 0 unspecified atom stereocenters. The van der Waals surface area contributed by atoms with Gasteiger partial charge < -0.3 is 11.1 Å². The molecule has 4 nitrogen and oxygen atoms in total. The highest BCUT2D eigenvalue weighted by molar-refractivity contribution is 7.19.